The largest absolute Gasteiger partial charge is 0.491 e. The molecule has 0 fully saturated rings. The van der Waals surface area contributed by atoms with Crippen LogP contribution >= 0.6 is 0 Å². The van der Waals surface area contributed by atoms with E-state index in [4.69, 9.17) is 4.74 Å². The third-order valence-corrected chi connectivity index (χ3v) is 3.35. The molecule has 1 aromatic heterocycles. The fourth-order valence-corrected chi connectivity index (χ4v) is 2.20. The van der Waals surface area contributed by atoms with E-state index in [9.17, 15) is 8.78 Å². The van der Waals surface area contributed by atoms with Crippen LogP contribution in [0.3, 0.4) is 0 Å². The van der Waals surface area contributed by atoms with Crippen LogP contribution in [0.4, 0.5) is 8.78 Å². The van der Waals surface area contributed by atoms with E-state index >= 15 is 0 Å². The molecule has 2 aromatic carbocycles. The van der Waals surface area contributed by atoms with Gasteiger partial charge in [0.1, 0.15) is 12.4 Å². The average Bonchev–Trinajstić information content (AvgIpc) is 2.84. The first-order valence-corrected chi connectivity index (χ1v) is 6.63. The van der Waals surface area contributed by atoms with E-state index in [1.165, 1.54) is 0 Å². The molecule has 0 atom stereocenters. The van der Waals surface area contributed by atoms with E-state index in [0.717, 1.165) is 23.4 Å². The van der Waals surface area contributed by atoms with E-state index in [1.807, 2.05) is 31.2 Å². The summed E-state index contributed by atoms with van der Waals surface area (Å²) in [6.45, 7) is 2.91. The van der Waals surface area contributed by atoms with Gasteiger partial charge in [-0.15, -0.1) is 0 Å². The Hall–Kier alpha value is -2.43. The monoisotopic (exact) mass is 288 g/mol. The molecule has 0 aliphatic heterocycles. The molecule has 21 heavy (non-hydrogen) atoms. The van der Waals surface area contributed by atoms with Crippen LogP contribution in [0, 0.1) is 18.6 Å². The van der Waals surface area contributed by atoms with Gasteiger partial charge >= 0.3 is 0 Å². The number of halogens is 2. The Morgan fingerprint density at radius 1 is 1.14 bits per heavy atom. The quantitative estimate of drug-likeness (QED) is 0.732. The minimum atomic E-state index is -0.885. The Morgan fingerprint density at radius 2 is 1.90 bits per heavy atom. The normalized spacial score (nSPS) is 11.0. The van der Waals surface area contributed by atoms with Gasteiger partial charge in [0.25, 0.3) is 0 Å². The number of hydrogen-bond donors (Lipinski definition) is 0. The zero-order chi connectivity index (χ0) is 14.8. The van der Waals surface area contributed by atoms with E-state index in [0.29, 0.717) is 24.2 Å². The van der Waals surface area contributed by atoms with Gasteiger partial charge in [-0.1, -0.05) is 18.2 Å². The molecule has 0 N–H and O–H groups in total. The fraction of sp³-hybridized carbons (Fsp3) is 0.188. The summed E-state index contributed by atoms with van der Waals surface area (Å²) in [5.41, 5.74) is 2.05. The second-order valence-electron chi connectivity index (χ2n) is 4.81. The maximum atomic E-state index is 13.3. The van der Waals surface area contributed by atoms with Crippen LogP contribution < -0.4 is 4.74 Å². The van der Waals surface area contributed by atoms with Crippen molar-refractivity contribution in [2.45, 2.75) is 13.5 Å². The second kappa shape index (κ2) is 5.52. The molecule has 0 aliphatic carbocycles. The van der Waals surface area contributed by atoms with Crippen molar-refractivity contribution in [3.05, 3.63) is 59.9 Å². The summed E-state index contributed by atoms with van der Waals surface area (Å²) in [7, 11) is 0. The highest BCUT2D eigenvalue weighted by atomic mass is 19.2. The number of fused-ring (bicyclic) bond motifs is 1. The lowest BCUT2D eigenvalue weighted by molar-refractivity contribution is 0.298. The van der Waals surface area contributed by atoms with Crippen molar-refractivity contribution >= 4 is 11.0 Å². The maximum absolute atomic E-state index is 13.3. The van der Waals surface area contributed by atoms with E-state index in [1.54, 1.807) is 10.9 Å². The Morgan fingerprint density at radius 3 is 2.71 bits per heavy atom. The number of imidazole rings is 1. The summed E-state index contributed by atoms with van der Waals surface area (Å²) in [6, 6.07) is 9.99. The van der Waals surface area contributed by atoms with Gasteiger partial charge < -0.3 is 9.30 Å². The lowest BCUT2D eigenvalue weighted by Gasteiger charge is -2.09. The first-order chi connectivity index (χ1) is 10.1. The molecule has 0 aliphatic rings. The lowest BCUT2D eigenvalue weighted by Crippen LogP contribution is -2.08. The number of ether oxygens (including phenoxy) is 1. The van der Waals surface area contributed by atoms with Gasteiger partial charge in [0.05, 0.1) is 23.9 Å². The first kappa shape index (κ1) is 13.5. The number of aryl methyl sites for hydroxylation is 1. The summed E-state index contributed by atoms with van der Waals surface area (Å²) in [5.74, 6) is -0.938. The van der Waals surface area contributed by atoms with Crippen LogP contribution in [0.15, 0.2) is 42.7 Å². The molecule has 0 amide bonds. The zero-order valence-corrected chi connectivity index (χ0v) is 11.5. The van der Waals surface area contributed by atoms with Crippen molar-refractivity contribution in [1.29, 1.82) is 0 Å². The maximum Gasteiger partial charge on any atom is 0.161 e. The van der Waals surface area contributed by atoms with Gasteiger partial charge in [0.2, 0.25) is 0 Å². The number of aromatic nitrogens is 2. The predicted molar refractivity (Wildman–Crippen MR) is 76.3 cm³/mol. The fourth-order valence-electron chi connectivity index (χ4n) is 2.20. The van der Waals surface area contributed by atoms with Gasteiger partial charge in [0.15, 0.2) is 11.6 Å². The third-order valence-electron chi connectivity index (χ3n) is 3.35. The van der Waals surface area contributed by atoms with Crippen molar-refractivity contribution in [2.75, 3.05) is 6.61 Å². The Labute approximate surface area is 120 Å². The summed E-state index contributed by atoms with van der Waals surface area (Å²) in [5, 5.41) is 0. The van der Waals surface area contributed by atoms with Crippen LogP contribution in [-0.4, -0.2) is 16.2 Å². The Kier molecular flexibility index (Phi) is 3.56. The molecule has 3 aromatic rings. The molecule has 0 saturated carbocycles. The van der Waals surface area contributed by atoms with Crippen molar-refractivity contribution in [2.24, 2.45) is 0 Å². The molecule has 108 valence electrons. The summed E-state index contributed by atoms with van der Waals surface area (Å²) < 4.78 is 33.9. The summed E-state index contributed by atoms with van der Waals surface area (Å²) >= 11 is 0. The molecule has 0 radical (unpaired) electrons. The smallest absolute Gasteiger partial charge is 0.161 e. The Balaban J connectivity index is 1.74. The highest BCUT2D eigenvalue weighted by molar-refractivity contribution is 5.75. The SMILES string of the molecule is Cc1ccccc1OCCn1cnc2cc(F)c(F)cc21. The standard InChI is InChI=1S/C16H14F2N2O/c1-11-4-2-3-5-16(11)21-7-6-20-10-19-14-8-12(17)13(18)9-15(14)20/h2-5,8-10H,6-7H2,1H3. The molecule has 1 heterocycles. The zero-order valence-electron chi connectivity index (χ0n) is 11.5. The highest BCUT2D eigenvalue weighted by Gasteiger charge is 2.09. The van der Waals surface area contributed by atoms with Crippen LogP contribution in [0.5, 0.6) is 5.75 Å². The van der Waals surface area contributed by atoms with E-state index in [2.05, 4.69) is 4.98 Å². The second-order valence-corrected chi connectivity index (χ2v) is 4.81. The summed E-state index contributed by atoms with van der Waals surface area (Å²) in [4.78, 5) is 4.06. The van der Waals surface area contributed by atoms with Crippen molar-refractivity contribution in [3.63, 3.8) is 0 Å². The average molecular weight is 288 g/mol. The van der Waals surface area contributed by atoms with Gasteiger partial charge in [-0.2, -0.15) is 0 Å². The van der Waals surface area contributed by atoms with E-state index < -0.39 is 11.6 Å². The number of hydrogen-bond acceptors (Lipinski definition) is 2. The molecule has 0 unspecified atom stereocenters. The molecule has 3 nitrogen and oxygen atoms in total. The molecule has 5 heteroatoms. The van der Waals surface area contributed by atoms with E-state index in [-0.39, 0.29) is 0 Å². The molecule has 0 spiro atoms. The Bertz CT molecular complexity index is 783. The van der Waals surface area contributed by atoms with Crippen molar-refractivity contribution in [3.8, 4) is 5.75 Å². The molecular weight excluding hydrogens is 274 g/mol. The third kappa shape index (κ3) is 2.72. The van der Waals surface area contributed by atoms with Crippen LogP contribution in [-0.2, 0) is 6.54 Å². The molecule has 3 rings (SSSR count). The summed E-state index contributed by atoms with van der Waals surface area (Å²) in [6.07, 6.45) is 1.56. The highest BCUT2D eigenvalue weighted by Crippen LogP contribution is 2.19. The minimum Gasteiger partial charge on any atom is -0.491 e. The minimum absolute atomic E-state index is 0.426. The number of benzene rings is 2. The van der Waals surface area contributed by atoms with Gasteiger partial charge in [-0.3, -0.25) is 0 Å². The van der Waals surface area contributed by atoms with Gasteiger partial charge in [-0.05, 0) is 18.6 Å². The van der Waals surface area contributed by atoms with Gasteiger partial charge in [0, 0.05) is 12.1 Å². The number of nitrogens with zero attached hydrogens (tertiary/aromatic N) is 2. The predicted octanol–water partition coefficient (Wildman–Crippen LogP) is 3.70. The van der Waals surface area contributed by atoms with Crippen LogP contribution in [0.1, 0.15) is 5.56 Å². The van der Waals surface area contributed by atoms with Crippen molar-refractivity contribution < 1.29 is 13.5 Å². The first-order valence-electron chi connectivity index (χ1n) is 6.63. The van der Waals surface area contributed by atoms with Crippen LogP contribution in [0.2, 0.25) is 0 Å². The molecule has 0 saturated heterocycles. The molecule has 0 bridgehead atoms. The number of para-hydroxylation sites is 1. The van der Waals surface area contributed by atoms with Crippen LogP contribution in [0.25, 0.3) is 11.0 Å². The molecular formula is C16H14F2N2O. The number of rotatable bonds is 4. The topological polar surface area (TPSA) is 27.1 Å². The van der Waals surface area contributed by atoms with Crippen molar-refractivity contribution in [1.82, 2.24) is 9.55 Å². The lowest BCUT2D eigenvalue weighted by atomic mass is 10.2. The van der Waals surface area contributed by atoms with Gasteiger partial charge in [-0.25, -0.2) is 13.8 Å².